The van der Waals surface area contributed by atoms with E-state index in [9.17, 15) is 0 Å². The number of anilines is 2. The van der Waals surface area contributed by atoms with Crippen LogP contribution in [-0.4, -0.2) is 50.4 Å². The topological polar surface area (TPSA) is 103 Å². The average molecular weight is 466 g/mol. The van der Waals surface area contributed by atoms with Crippen molar-refractivity contribution in [2.75, 3.05) is 19.2 Å². The van der Waals surface area contributed by atoms with Crippen LogP contribution < -0.4 is 14.5 Å². The lowest BCUT2D eigenvalue weighted by Gasteiger charge is -2.30. The fourth-order valence-electron chi connectivity index (χ4n) is 4.68. The fraction of sp³-hybridized carbons (Fsp3) is 0.542. The standard InChI is InChI=1S/C24H31N7O3/c1-14(2)22-28-23(34-29-22)16-6-8-17(9-7-16)33-24-21-18(25-13-26-24)12-30(4)31(21)19-10-11-20(32-5)27-15(19)3/h10-11,13-14,16-17H,6-9,12H2,1-5H3. The number of hydrogen-bond acceptors (Lipinski definition) is 10. The van der Waals surface area contributed by atoms with Crippen LogP contribution in [0, 0.1) is 6.92 Å². The molecule has 10 nitrogen and oxygen atoms in total. The second kappa shape index (κ2) is 9.17. The van der Waals surface area contributed by atoms with Crippen LogP contribution in [0.25, 0.3) is 0 Å². The minimum atomic E-state index is 0.0746. The maximum absolute atomic E-state index is 6.48. The molecule has 3 aromatic rings. The summed E-state index contributed by atoms with van der Waals surface area (Å²) in [6, 6.07) is 3.87. The minimum Gasteiger partial charge on any atom is -0.481 e. The molecule has 1 saturated carbocycles. The van der Waals surface area contributed by atoms with Gasteiger partial charge in [-0.1, -0.05) is 19.0 Å². The number of fused-ring (bicyclic) bond motifs is 1. The van der Waals surface area contributed by atoms with Gasteiger partial charge in [-0.25, -0.2) is 15.0 Å². The van der Waals surface area contributed by atoms with E-state index in [1.165, 1.54) is 0 Å². The first-order chi connectivity index (χ1) is 16.4. The van der Waals surface area contributed by atoms with Crippen LogP contribution in [0.3, 0.4) is 0 Å². The second-order valence-corrected chi connectivity index (χ2v) is 9.30. The Labute approximate surface area is 199 Å². The van der Waals surface area contributed by atoms with E-state index >= 15 is 0 Å². The van der Waals surface area contributed by atoms with Gasteiger partial charge in [0.25, 0.3) is 0 Å². The number of ether oxygens (including phenoxy) is 2. The van der Waals surface area contributed by atoms with Crippen molar-refractivity contribution in [3.05, 3.63) is 41.6 Å². The molecular formula is C24H31N7O3. The fourth-order valence-corrected chi connectivity index (χ4v) is 4.68. The summed E-state index contributed by atoms with van der Waals surface area (Å²) in [5, 5.41) is 8.31. The Morgan fingerprint density at radius 1 is 1.09 bits per heavy atom. The van der Waals surface area contributed by atoms with Crippen molar-refractivity contribution in [3.8, 4) is 11.8 Å². The van der Waals surface area contributed by atoms with E-state index in [0.29, 0.717) is 18.3 Å². The van der Waals surface area contributed by atoms with Crippen LogP contribution in [0.1, 0.15) is 74.5 Å². The van der Waals surface area contributed by atoms with Gasteiger partial charge in [0.15, 0.2) is 5.82 Å². The van der Waals surface area contributed by atoms with Crippen molar-refractivity contribution >= 4 is 11.4 Å². The highest BCUT2D eigenvalue weighted by Gasteiger charge is 2.35. The summed E-state index contributed by atoms with van der Waals surface area (Å²) in [5.74, 6) is 3.27. The first-order valence-corrected chi connectivity index (χ1v) is 11.8. The summed E-state index contributed by atoms with van der Waals surface area (Å²) in [6.45, 7) is 6.78. The molecule has 10 heteroatoms. The molecule has 1 aliphatic heterocycles. The molecule has 0 amide bonds. The van der Waals surface area contributed by atoms with Gasteiger partial charge in [-0.3, -0.25) is 5.01 Å². The van der Waals surface area contributed by atoms with Crippen molar-refractivity contribution in [2.45, 2.75) is 70.9 Å². The highest BCUT2D eigenvalue weighted by atomic mass is 16.5. The predicted molar refractivity (Wildman–Crippen MR) is 125 cm³/mol. The molecular weight excluding hydrogens is 434 g/mol. The van der Waals surface area contributed by atoms with Crippen LogP contribution in [0.4, 0.5) is 11.4 Å². The molecule has 0 saturated heterocycles. The van der Waals surface area contributed by atoms with E-state index in [-0.39, 0.29) is 17.9 Å². The Morgan fingerprint density at radius 3 is 2.56 bits per heavy atom. The van der Waals surface area contributed by atoms with Crippen molar-refractivity contribution in [3.63, 3.8) is 0 Å². The van der Waals surface area contributed by atoms with E-state index in [2.05, 4.69) is 49.0 Å². The molecule has 0 radical (unpaired) electrons. The van der Waals surface area contributed by atoms with Gasteiger partial charge in [0, 0.05) is 24.9 Å². The first-order valence-electron chi connectivity index (χ1n) is 11.8. The summed E-state index contributed by atoms with van der Waals surface area (Å²) in [7, 11) is 3.64. The quantitative estimate of drug-likeness (QED) is 0.523. The predicted octanol–water partition coefficient (Wildman–Crippen LogP) is 4.30. The number of rotatable bonds is 6. The van der Waals surface area contributed by atoms with E-state index < -0.39 is 0 Å². The van der Waals surface area contributed by atoms with Crippen LogP contribution in [0.2, 0.25) is 0 Å². The lowest BCUT2D eigenvalue weighted by atomic mass is 9.87. The Bertz CT molecular complexity index is 1160. The smallest absolute Gasteiger partial charge is 0.243 e. The van der Waals surface area contributed by atoms with E-state index in [0.717, 1.165) is 60.2 Å². The van der Waals surface area contributed by atoms with Gasteiger partial charge in [-0.05, 0) is 38.7 Å². The zero-order valence-electron chi connectivity index (χ0n) is 20.4. The van der Waals surface area contributed by atoms with E-state index in [4.69, 9.17) is 14.0 Å². The highest BCUT2D eigenvalue weighted by Crippen LogP contribution is 2.43. The maximum atomic E-state index is 6.48. The molecule has 34 heavy (non-hydrogen) atoms. The summed E-state index contributed by atoms with van der Waals surface area (Å²) in [6.07, 6.45) is 5.36. The van der Waals surface area contributed by atoms with Gasteiger partial charge in [-0.2, -0.15) is 9.97 Å². The zero-order valence-corrected chi connectivity index (χ0v) is 20.4. The first kappa shape index (κ1) is 22.5. The monoisotopic (exact) mass is 465 g/mol. The Morgan fingerprint density at radius 2 is 1.88 bits per heavy atom. The molecule has 1 fully saturated rings. The van der Waals surface area contributed by atoms with E-state index in [1.54, 1.807) is 13.4 Å². The number of methoxy groups -OCH3 is 1. The van der Waals surface area contributed by atoms with Gasteiger partial charge in [0.1, 0.15) is 18.1 Å². The van der Waals surface area contributed by atoms with Crippen molar-refractivity contribution < 1.29 is 14.0 Å². The molecule has 5 rings (SSSR count). The number of pyridine rings is 1. The van der Waals surface area contributed by atoms with Crippen molar-refractivity contribution in [1.82, 2.24) is 30.1 Å². The summed E-state index contributed by atoms with van der Waals surface area (Å²) in [5.41, 5.74) is 3.61. The lowest BCUT2D eigenvalue weighted by molar-refractivity contribution is 0.134. The van der Waals surface area contributed by atoms with Crippen LogP contribution in [0.15, 0.2) is 23.0 Å². The molecule has 0 atom stereocenters. The van der Waals surface area contributed by atoms with Crippen LogP contribution >= 0.6 is 0 Å². The summed E-state index contributed by atoms with van der Waals surface area (Å²) >= 11 is 0. The largest absolute Gasteiger partial charge is 0.481 e. The third-order valence-electron chi connectivity index (χ3n) is 6.54. The highest BCUT2D eigenvalue weighted by molar-refractivity contribution is 5.72. The Kier molecular flexibility index (Phi) is 6.07. The number of aromatic nitrogens is 5. The normalized spacial score (nSPS) is 20.6. The molecule has 4 heterocycles. The molecule has 0 unspecified atom stereocenters. The SMILES string of the molecule is COc1ccc(N2c3c(ncnc3OC3CCC(c4nc(C(C)C)no4)CC3)CN2C)c(C)n1. The zero-order chi connectivity index (χ0) is 23.8. The number of hydrogen-bond donors (Lipinski definition) is 0. The van der Waals surface area contributed by atoms with Crippen molar-refractivity contribution in [1.29, 1.82) is 0 Å². The molecule has 0 N–H and O–H groups in total. The number of aryl methyl sites for hydroxylation is 1. The van der Waals surface area contributed by atoms with Gasteiger partial charge in [0.2, 0.25) is 17.7 Å². The maximum Gasteiger partial charge on any atom is 0.243 e. The van der Waals surface area contributed by atoms with Crippen molar-refractivity contribution in [2.24, 2.45) is 0 Å². The van der Waals surface area contributed by atoms with Crippen LogP contribution in [-0.2, 0) is 6.54 Å². The molecule has 1 aliphatic carbocycles. The number of hydrazine groups is 1. The molecule has 0 spiro atoms. The summed E-state index contributed by atoms with van der Waals surface area (Å²) < 4.78 is 17.3. The number of nitrogens with zero attached hydrogens (tertiary/aromatic N) is 7. The Hall–Kier alpha value is -3.27. The molecule has 0 aromatic carbocycles. The molecule has 3 aromatic heterocycles. The molecule has 2 aliphatic rings. The second-order valence-electron chi connectivity index (χ2n) is 9.30. The lowest BCUT2D eigenvalue weighted by Crippen LogP contribution is -2.31. The van der Waals surface area contributed by atoms with Gasteiger partial charge >= 0.3 is 0 Å². The van der Waals surface area contributed by atoms with Crippen LogP contribution in [0.5, 0.6) is 11.8 Å². The van der Waals surface area contributed by atoms with Gasteiger partial charge in [-0.15, -0.1) is 0 Å². The van der Waals surface area contributed by atoms with E-state index in [1.807, 2.05) is 26.1 Å². The van der Waals surface area contributed by atoms with Gasteiger partial charge in [0.05, 0.1) is 30.7 Å². The molecule has 180 valence electrons. The Balaban J connectivity index is 1.33. The summed E-state index contributed by atoms with van der Waals surface area (Å²) in [4.78, 5) is 18.2. The molecule has 0 bridgehead atoms. The minimum absolute atomic E-state index is 0.0746. The van der Waals surface area contributed by atoms with Gasteiger partial charge < -0.3 is 14.0 Å². The third-order valence-corrected chi connectivity index (χ3v) is 6.54. The average Bonchev–Trinajstić information content (AvgIpc) is 3.45. The third kappa shape index (κ3) is 4.18.